The van der Waals surface area contributed by atoms with Gasteiger partial charge in [-0.05, 0) is 45.2 Å². The van der Waals surface area contributed by atoms with Gasteiger partial charge in [0, 0.05) is 36.8 Å². The molecule has 4 rings (SSSR count). The summed E-state index contributed by atoms with van der Waals surface area (Å²) in [7, 11) is 0. The molecule has 2 aliphatic rings. The van der Waals surface area contributed by atoms with Crippen molar-refractivity contribution < 1.29 is 9.47 Å². The van der Waals surface area contributed by atoms with Gasteiger partial charge in [-0.2, -0.15) is 5.10 Å². The van der Waals surface area contributed by atoms with Crippen LogP contribution in [0, 0.1) is 0 Å². The minimum atomic E-state index is 0.280. The molecule has 150 valence electrons. The SMILES string of the molecule is CCNC(=NCc1cccc2c1OCO2)NC1CCc2cn(C(C)C)nc2C1. The van der Waals surface area contributed by atoms with E-state index in [1.807, 2.05) is 18.2 Å². The summed E-state index contributed by atoms with van der Waals surface area (Å²) >= 11 is 0. The summed E-state index contributed by atoms with van der Waals surface area (Å²) in [6, 6.07) is 6.67. The summed E-state index contributed by atoms with van der Waals surface area (Å²) in [4.78, 5) is 4.78. The highest BCUT2D eigenvalue weighted by molar-refractivity contribution is 5.80. The number of benzene rings is 1. The van der Waals surface area contributed by atoms with Crippen LogP contribution in [-0.4, -0.2) is 35.1 Å². The number of hydrogen-bond acceptors (Lipinski definition) is 4. The highest BCUT2D eigenvalue weighted by Gasteiger charge is 2.23. The Morgan fingerprint density at radius 2 is 2.25 bits per heavy atom. The molecule has 28 heavy (non-hydrogen) atoms. The van der Waals surface area contributed by atoms with E-state index < -0.39 is 0 Å². The Bertz CT molecular complexity index is 858. The zero-order chi connectivity index (χ0) is 19.5. The van der Waals surface area contributed by atoms with Crippen LogP contribution in [-0.2, 0) is 19.4 Å². The summed E-state index contributed by atoms with van der Waals surface area (Å²) in [6.45, 7) is 8.05. The monoisotopic (exact) mass is 383 g/mol. The molecule has 2 heterocycles. The van der Waals surface area contributed by atoms with Gasteiger partial charge in [0.05, 0.1) is 12.2 Å². The summed E-state index contributed by atoms with van der Waals surface area (Å²) < 4.78 is 13.1. The van der Waals surface area contributed by atoms with Crippen molar-refractivity contribution in [1.82, 2.24) is 20.4 Å². The van der Waals surface area contributed by atoms with Crippen molar-refractivity contribution in [1.29, 1.82) is 0 Å². The van der Waals surface area contributed by atoms with Crippen LogP contribution in [0.2, 0.25) is 0 Å². The van der Waals surface area contributed by atoms with Crippen LogP contribution >= 0.6 is 0 Å². The van der Waals surface area contributed by atoms with E-state index in [9.17, 15) is 0 Å². The number of rotatable bonds is 5. The number of aromatic nitrogens is 2. The number of guanidine groups is 1. The fourth-order valence-electron chi connectivity index (χ4n) is 3.69. The normalized spacial score (nSPS) is 18.3. The number of aliphatic imine (C=N–C) groups is 1. The molecule has 0 bridgehead atoms. The third kappa shape index (κ3) is 3.93. The highest BCUT2D eigenvalue weighted by atomic mass is 16.7. The number of ether oxygens (including phenoxy) is 2. The van der Waals surface area contributed by atoms with E-state index in [0.29, 0.717) is 18.6 Å². The third-order valence-corrected chi connectivity index (χ3v) is 5.20. The van der Waals surface area contributed by atoms with Gasteiger partial charge in [-0.15, -0.1) is 0 Å². The van der Waals surface area contributed by atoms with E-state index >= 15 is 0 Å². The summed E-state index contributed by atoms with van der Waals surface area (Å²) in [5.41, 5.74) is 3.62. The molecule has 1 aromatic carbocycles. The zero-order valence-electron chi connectivity index (χ0n) is 16.9. The minimum absolute atomic E-state index is 0.280. The molecule has 1 aliphatic heterocycles. The molecule has 0 saturated heterocycles. The van der Waals surface area contributed by atoms with Gasteiger partial charge < -0.3 is 20.1 Å². The predicted octanol–water partition coefficient (Wildman–Crippen LogP) is 2.81. The Morgan fingerprint density at radius 1 is 1.36 bits per heavy atom. The molecule has 1 unspecified atom stereocenters. The van der Waals surface area contributed by atoms with Crippen molar-refractivity contribution in [3.63, 3.8) is 0 Å². The molecule has 1 atom stereocenters. The number of fused-ring (bicyclic) bond motifs is 2. The lowest BCUT2D eigenvalue weighted by atomic mass is 9.94. The fourth-order valence-corrected chi connectivity index (χ4v) is 3.69. The van der Waals surface area contributed by atoms with Crippen molar-refractivity contribution in [2.45, 2.75) is 58.7 Å². The Hall–Kier alpha value is -2.70. The van der Waals surface area contributed by atoms with Gasteiger partial charge >= 0.3 is 0 Å². The Kier molecular flexibility index (Phi) is 5.41. The van der Waals surface area contributed by atoms with Crippen molar-refractivity contribution in [2.24, 2.45) is 4.99 Å². The first kappa shape index (κ1) is 18.7. The first-order valence-electron chi connectivity index (χ1n) is 10.1. The largest absolute Gasteiger partial charge is 0.454 e. The topological polar surface area (TPSA) is 72.7 Å². The molecule has 0 saturated carbocycles. The van der Waals surface area contributed by atoms with E-state index in [1.54, 1.807) is 0 Å². The van der Waals surface area contributed by atoms with Gasteiger partial charge in [-0.3, -0.25) is 4.68 Å². The maximum Gasteiger partial charge on any atom is 0.231 e. The van der Waals surface area contributed by atoms with Gasteiger partial charge in [0.15, 0.2) is 17.5 Å². The van der Waals surface area contributed by atoms with E-state index in [-0.39, 0.29) is 6.79 Å². The van der Waals surface area contributed by atoms with Crippen molar-refractivity contribution in [3.05, 3.63) is 41.2 Å². The maximum atomic E-state index is 5.59. The third-order valence-electron chi connectivity index (χ3n) is 5.20. The Balaban J connectivity index is 1.44. The van der Waals surface area contributed by atoms with Gasteiger partial charge in [-0.1, -0.05) is 12.1 Å². The number of hydrogen-bond donors (Lipinski definition) is 2. The Morgan fingerprint density at radius 3 is 3.07 bits per heavy atom. The van der Waals surface area contributed by atoms with Crippen molar-refractivity contribution >= 4 is 5.96 Å². The molecular weight excluding hydrogens is 354 g/mol. The van der Waals surface area contributed by atoms with Crippen LogP contribution in [0.1, 0.15) is 50.1 Å². The number of aryl methyl sites for hydroxylation is 1. The number of para-hydroxylation sites is 1. The van der Waals surface area contributed by atoms with Crippen molar-refractivity contribution in [3.8, 4) is 11.5 Å². The average molecular weight is 383 g/mol. The molecule has 7 nitrogen and oxygen atoms in total. The number of nitrogens with zero attached hydrogens (tertiary/aromatic N) is 3. The van der Waals surface area contributed by atoms with Crippen LogP contribution in [0.4, 0.5) is 0 Å². The van der Waals surface area contributed by atoms with E-state index in [4.69, 9.17) is 19.6 Å². The molecule has 0 radical (unpaired) electrons. The zero-order valence-corrected chi connectivity index (χ0v) is 16.9. The second-order valence-electron chi connectivity index (χ2n) is 7.60. The van der Waals surface area contributed by atoms with Crippen LogP contribution in [0.3, 0.4) is 0 Å². The van der Waals surface area contributed by atoms with Gasteiger partial charge in [0.1, 0.15) is 0 Å². The van der Waals surface area contributed by atoms with E-state index in [2.05, 4.69) is 42.3 Å². The minimum Gasteiger partial charge on any atom is -0.454 e. The van der Waals surface area contributed by atoms with Crippen LogP contribution in [0.15, 0.2) is 29.4 Å². The van der Waals surface area contributed by atoms with Crippen LogP contribution in [0.5, 0.6) is 11.5 Å². The van der Waals surface area contributed by atoms with E-state index in [1.165, 1.54) is 11.3 Å². The van der Waals surface area contributed by atoms with Gasteiger partial charge in [0.25, 0.3) is 0 Å². The molecular formula is C21H29N5O2. The van der Waals surface area contributed by atoms with Crippen molar-refractivity contribution in [2.75, 3.05) is 13.3 Å². The molecule has 1 aromatic heterocycles. The molecule has 0 amide bonds. The average Bonchev–Trinajstić information content (AvgIpc) is 3.33. The fraction of sp³-hybridized carbons (Fsp3) is 0.524. The lowest BCUT2D eigenvalue weighted by Gasteiger charge is -2.24. The molecule has 7 heteroatoms. The van der Waals surface area contributed by atoms with Gasteiger partial charge in [0.2, 0.25) is 6.79 Å². The maximum absolute atomic E-state index is 5.59. The molecule has 2 N–H and O–H groups in total. The highest BCUT2D eigenvalue weighted by Crippen LogP contribution is 2.35. The summed E-state index contributed by atoms with van der Waals surface area (Å²) in [5.74, 6) is 2.44. The molecule has 0 spiro atoms. The second kappa shape index (κ2) is 8.12. The standard InChI is InChI=1S/C21H29N5O2/c1-4-22-21(23-11-15-6-5-7-19-20(15)28-13-27-19)24-17-9-8-16-12-26(14(2)3)25-18(16)10-17/h5-7,12,14,17H,4,8-11,13H2,1-3H3,(H2,22,23,24). The smallest absolute Gasteiger partial charge is 0.231 e. The molecule has 2 aromatic rings. The first-order valence-corrected chi connectivity index (χ1v) is 10.1. The second-order valence-corrected chi connectivity index (χ2v) is 7.60. The quantitative estimate of drug-likeness (QED) is 0.614. The summed E-state index contributed by atoms with van der Waals surface area (Å²) in [5, 5.41) is 11.7. The van der Waals surface area contributed by atoms with Crippen LogP contribution in [0.25, 0.3) is 0 Å². The predicted molar refractivity (Wildman–Crippen MR) is 109 cm³/mol. The first-order chi connectivity index (χ1) is 13.6. The van der Waals surface area contributed by atoms with Gasteiger partial charge in [-0.25, -0.2) is 4.99 Å². The lowest BCUT2D eigenvalue weighted by molar-refractivity contribution is 0.173. The van der Waals surface area contributed by atoms with E-state index in [0.717, 1.165) is 48.8 Å². The molecule has 1 aliphatic carbocycles. The Labute approximate surface area is 166 Å². The molecule has 0 fully saturated rings. The lowest BCUT2D eigenvalue weighted by Crippen LogP contribution is -2.45. The van der Waals surface area contributed by atoms with Crippen LogP contribution < -0.4 is 20.1 Å². The summed E-state index contributed by atoms with van der Waals surface area (Å²) in [6.07, 6.45) is 5.26. The number of nitrogens with one attached hydrogen (secondary N) is 2.